The Morgan fingerprint density at radius 3 is 2.62 bits per heavy atom. The van der Waals surface area contributed by atoms with Crippen LogP contribution in [0.25, 0.3) is 0 Å². The minimum absolute atomic E-state index is 0.164. The fourth-order valence-electron chi connectivity index (χ4n) is 2.23. The van der Waals surface area contributed by atoms with Gasteiger partial charge in [0.1, 0.15) is 0 Å². The number of nitrogens with one attached hydrogen (secondary N) is 1. The second kappa shape index (κ2) is 7.63. The second-order valence-electron chi connectivity index (χ2n) is 6.81. The highest BCUT2D eigenvalue weighted by Crippen LogP contribution is 2.21. The van der Waals surface area contributed by atoms with Crippen LogP contribution in [0, 0.1) is 0 Å². The predicted molar refractivity (Wildman–Crippen MR) is 91.0 cm³/mol. The summed E-state index contributed by atoms with van der Waals surface area (Å²) in [6.07, 6.45) is 0.357. The lowest BCUT2D eigenvalue weighted by atomic mass is 10.1. The molecule has 1 atom stereocenters. The molecule has 0 aromatic heterocycles. The fourth-order valence-corrected chi connectivity index (χ4v) is 3.14. The Hall–Kier alpha value is -0.550. The summed E-state index contributed by atoms with van der Waals surface area (Å²) >= 11 is 1.89. The molecule has 21 heavy (non-hydrogen) atoms. The fraction of sp³-hybridized carbons (Fsp3) is 0.647. The van der Waals surface area contributed by atoms with Crippen molar-refractivity contribution in [3.8, 4) is 0 Å². The Labute approximate surface area is 133 Å². The van der Waals surface area contributed by atoms with Crippen molar-refractivity contribution in [1.82, 2.24) is 10.2 Å². The summed E-state index contributed by atoms with van der Waals surface area (Å²) in [5.74, 6) is 1.03. The van der Waals surface area contributed by atoms with E-state index in [0.717, 1.165) is 32.0 Å². The van der Waals surface area contributed by atoms with E-state index in [9.17, 15) is 0 Å². The molecule has 0 amide bonds. The van der Waals surface area contributed by atoms with Crippen LogP contribution in [0.2, 0.25) is 0 Å². The molecule has 1 aliphatic heterocycles. The van der Waals surface area contributed by atoms with Gasteiger partial charge >= 0.3 is 0 Å². The van der Waals surface area contributed by atoms with Gasteiger partial charge in [0.2, 0.25) is 0 Å². The first-order chi connectivity index (χ1) is 9.92. The van der Waals surface area contributed by atoms with Gasteiger partial charge < -0.3 is 15.0 Å². The number of benzene rings is 1. The van der Waals surface area contributed by atoms with Gasteiger partial charge in [-0.05, 0) is 45.5 Å². The van der Waals surface area contributed by atoms with E-state index in [1.165, 1.54) is 10.5 Å². The monoisotopic (exact) mass is 308 g/mol. The molecule has 1 fully saturated rings. The lowest BCUT2D eigenvalue weighted by molar-refractivity contribution is -0.00598. The minimum Gasteiger partial charge on any atom is -0.375 e. The van der Waals surface area contributed by atoms with Crippen LogP contribution >= 0.6 is 11.8 Å². The van der Waals surface area contributed by atoms with E-state index < -0.39 is 0 Å². The van der Waals surface area contributed by atoms with Crippen molar-refractivity contribution >= 4 is 11.8 Å². The lowest BCUT2D eigenvalue weighted by Crippen LogP contribution is -2.41. The number of hydrogen-bond donors (Lipinski definition) is 1. The highest BCUT2D eigenvalue weighted by atomic mass is 32.2. The molecule has 1 heterocycles. The van der Waals surface area contributed by atoms with Crippen LogP contribution in [0.5, 0.6) is 0 Å². The zero-order valence-corrected chi connectivity index (χ0v) is 14.5. The Morgan fingerprint density at radius 2 is 2.00 bits per heavy atom. The van der Waals surface area contributed by atoms with Crippen molar-refractivity contribution in [3.63, 3.8) is 0 Å². The summed E-state index contributed by atoms with van der Waals surface area (Å²) in [4.78, 5) is 3.67. The molecule has 0 radical (unpaired) electrons. The van der Waals surface area contributed by atoms with Crippen LogP contribution < -0.4 is 5.32 Å². The van der Waals surface area contributed by atoms with E-state index in [1.54, 1.807) is 0 Å². The largest absolute Gasteiger partial charge is 0.375 e. The third-order valence-electron chi connectivity index (χ3n) is 3.52. The van der Waals surface area contributed by atoms with Crippen LogP contribution in [-0.2, 0) is 11.3 Å². The smallest absolute Gasteiger partial charge is 0.0796 e. The molecular weight excluding hydrogens is 280 g/mol. The SMILES string of the molecule is CN1CCOC(CSc2ccc(CNC(C)(C)C)cc2)C1. The zero-order chi connectivity index (χ0) is 15.3. The van der Waals surface area contributed by atoms with E-state index >= 15 is 0 Å². The summed E-state index contributed by atoms with van der Waals surface area (Å²) in [6.45, 7) is 10.5. The third kappa shape index (κ3) is 6.39. The Bertz CT molecular complexity index is 427. The number of nitrogens with zero attached hydrogens (tertiary/aromatic N) is 1. The van der Waals surface area contributed by atoms with Gasteiger partial charge in [0, 0.05) is 35.8 Å². The van der Waals surface area contributed by atoms with Gasteiger partial charge in [-0.2, -0.15) is 0 Å². The summed E-state index contributed by atoms with van der Waals surface area (Å²) < 4.78 is 5.80. The molecule has 118 valence electrons. The Kier molecular flexibility index (Phi) is 6.11. The number of hydrogen-bond acceptors (Lipinski definition) is 4. The van der Waals surface area contributed by atoms with E-state index in [1.807, 2.05) is 11.8 Å². The number of rotatable bonds is 5. The standard InChI is InChI=1S/C17H28N2OS/c1-17(2,3)18-11-14-5-7-16(8-6-14)21-13-15-12-19(4)9-10-20-15/h5-8,15,18H,9-13H2,1-4H3. The number of morpholine rings is 1. The van der Waals surface area contributed by atoms with Crippen LogP contribution in [0.3, 0.4) is 0 Å². The molecule has 0 aliphatic carbocycles. The van der Waals surface area contributed by atoms with Crippen molar-refractivity contribution in [2.45, 2.75) is 43.9 Å². The highest BCUT2D eigenvalue weighted by Gasteiger charge is 2.17. The molecule has 4 heteroatoms. The normalized spacial score (nSPS) is 20.7. The molecule has 1 aromatic carbocycles. The third-order valence-corrected chi connectivity index (χ3v) is 4.67. The number of likely N-dealkylation sites (N-methyl/N-ethyl adjacent to an activating group) is 1. The first-order valence-electron chi connectivity index (χ1n) is 7.69. The first-order valence-corrected chi connectivity index (χ1v) is 8.68. The number of thioether (sulfide) groups is 1. The van der Waals surface area contributed by atoms with Crippen LogP contribution in [0.1, 0.15) is 26.3 Å². The van der Waals surface area contributed by atoms with Gasteiger partial charge in [-0.15, -0.1) is 11.8 Å². The molecule has 0 bridgehead atoms. The molecule has 0 saturated carbocycles. The number of ether oxygens (including phenoxy) is 1. The van der Waals surface area contributed by atoms with Gasteiger partial charge in [-0.1, -0.05) is 12.1 Å². The molecule has 1 aromatic rings. The van der Waals surface area contributed by atoms with Gasteiger partial charge in [0.15, 0.2) is 0 Å². The van der Waals surface area contributed by atoms with Crippen LogP contribution in [-0.4, -0.2) is 49.0 Å². The van der Waals surface area contributed by atoms with Crippen LogP contribution in [0.15, 0.2) is 29.2 Å². The van der Waals surface area contributed by atoms with Crippen molar-refractivity contribution in [2.24, 2.45) is 0 Å². The maximum atomic E-state index is 5.80. The van der Waals surface area contributed by atoms with Crippen molar-refractivity contribution in [2.75, 3.05) is 32.5 Å². The molecule has 2 rings (SSSR count). The predicted octanol–water partition coefficient (Wildman–Crippen LogP) is 3.00. The molecule has 1 saturated heterocycles. The van der Waals surface area contributed by atoms with E-state index in [4.69, 9.17) is 4.74 Å². The summed E-state index contributed by atoms with van der Waals surface area (Å²) in [5.41, 5.74) is 1.50. The maximum Gasteiger partial charge on any atom is 0.0796 e. The molecular formula is C17H28N2OS. The van der Waals surface area contributed by atoms with Crippen molar-refractivity contribution < 1.29 is 4.74 Å². The summed E-state index contributed by atoms with van der Waals surface area (Å²) in [5, 5.41) is 3.51. The minimum atomic E-state index is 0.164. The van der Waals surface area contributed by atoms with E-state index in [2.05, 4.69) is 62.3 Å². The van der Waals surface area contributed by atoms with Crippen LogP contribution in [0.4, 0.5) is 0 Å². The average molecular weight is 308 g/mol. The topological polar surface area (TPSA) is 24.5 Å². The van der Waals surface area contributed by atoms with E-state index in [-0.39, 0.29) is 5.54 Å². The quantitative estimate of drug-likeness (QED) is 0.845. The lowest BCUT2D eigenvalue weighted by Gasteiger charge is -2.29. The Morgan fingerprint density at radius 1 is 1.29 bits per heavy atom. The molecule has 1 N–H and O–H groups in total. The molecule has 1 aliphatic rings. The molecule has 1 unspecified atom stereocenters. The zero-order valence-electron chi connectivity index (χ0n) is 13.7. The Balaban J connectivity index is 1.77. The molecule has 3 nitrogen and oxygen atoms in total. The summed E-state index contributed by atoms with van der Waals surface area (Å²) in [7, 11) is 2.16. The van der Waals surface area contributed by atoms with Crippen molar-refractivity contribution in [1.29, 1.82) is 0 Å². The van der Waals surface area contributed by atoms with Gasteiger partial charge in [-0.3, -0.25) is 0 Å². The van der Waals surface area contributed by atoms with Gasteiger partial charge in [0.25, 0.3) is 0 Å². The summed E-state index contributed by atoms with van der Waals surface area (Å²) in [6, 6.07) is 8.87. The van der Waals surface area contributed by atoms with Gasteiger partial charge in [0.05, 0.1) is 12.7 Å². The average Bonchev–Trinajstić information content (AvgIpc) is 2.43. The second-order valence-corrected chi connectivity index (χ2v) is 7.91. The molecule has 0 spiro atoms. The van der Waals surface area contributed by atoms with Crippen molar-refractivity contribution in [3.05, 3.63) is 29.8 Å². The first kappa shape index (κ1) is 16.8. The maximum absolute atomic E-state index is 5.80. The highest BCUT2D eigenvalue weighted by molar-refractivity contribution is 7.99. The van der Waals surface area contributed by atoms with E-state index in [0.29, 0.717) is 6.10 Å². The van der Waals surface area contributed by atoms with Gasteiger partial charge in [-0.25, -0.2) is 0 Å².